The molecule has 274 valence electrons. The average molecular weight is 744 g/mol. The number of rotatable bonds is 3. The van der Waals surface area contributed by atoms with Crippen LogP contribution in [-0.2, 0) is 6.42 Å². The van der Waals surface area contributed by atoms with Gasteiger partial charge in [0, 0.05) is 67.3 Å². The van der Waals surface area contributed by atoms with Gasteiger partial charge in [0.25, 0.3) is 0 Å². The topological polar surface area (TPSA) is 32.1 Å². The minimum atomic E-state index is -0.191. The molecule has 0 fully saturated rings. The number of aryl methyl sites for hydroxylation is 1. The van der Waals surface area contributed by atoms with Crippen molar-refractivity contribution in [2.75, 3.05) is 0 Å². The number of dihydropyridines is 1. The van der Waals surface area contributed by atoms with Crippen molar-refractivity contribution in [3.05, 3.63) is 187 Å². The van der Waals surface area contributed by atoms with E-state index in [0.717, 1.165) is 36.1 Å². The molecule has 1 unspecified atom stereocenters. The Kier molecular flexibility index (Phi) is 6.61. The molecule has 5 heteroatoms. The molecule has 0 saturated heterocycles. The van der Waals surface area contributed by atoms with Crippen LogP contribution in [0.15, 0.2) is 181 Å². The highest BCUT2D eigenvalue weighted by molar-refractivity contribution is 6.19. The van der Waals surface area contributed by atoms with Gasteiger partial charge in [-0.3, -0.25) is 4.57 Å². The molecule has 0 amide bonds. The lowest BCUT2D eigenvalue weighted by atomic mass is 10.00. The lowest BCUT2D eigenvalue weighted by Crippen LogP contribution is -2.21. The summed E-state index contributed by atoms with van der Waals surface area (Å²) in [4.78, 5) is 5.78. The molecule has 7 aromatic carbocycles. The zero-order valence-electron chi connectivity index (χ0n) is 31.8. The molecule has 5 nitrogen and oxygen atoms in total. The molecule has 1 aliphatic heterocycles. The summed E-state index contributed by atoms with van der Waals surface area (Å²) in [6, 6.07) is 59.8. The SMILES string of the molecule is C1=Cc2c(c3cc4c(cc3n2C2=CC(n3c5ccccc5c5ccccc53)=NC(n3c5ccccc5c5ccccc53)C2)c2ccccc2n4-c2ccccc2)CC1. The van der Waals surface area contributed by atoms with Crippen molar-refractivity contribution in [1.29, 1.82) is 0 Å². The van der Waals surface area contributed by atoms with Gasteiger partial charge in [0.1, 0.15) is 12.0 Å². The first-order valence-corrected chi connectivity index (χ1v) is 20.4. The van der Waals surface area contributed by atoms with E-state index in [9.17, 15) is 0 Å². The van der Waals surface area contributed by atoms with Gasteiger partial charge < -0.3 is 13.7 Å². The number of hydrogen-bond acceptors (Lipinski definition) is 1. The normalized spacial score (nSPS) is 15.7. The van der Waals surface area contributed by atoms with Crippen LogP contribution in [-0.4, -0.2) is 24.1 Å². The third-order valence-corrected chi connectivity index (χ3v) is 12.7. The van der Waals surface area contributed by atoms with Crippen LogP contribution in [0.5, 0.6) is 0 Å². The van der Waals surface area contributed by atoms with Crippen LogP contribution in [0.2, 0.25) is 0 Å². The van der Waals surface area contributed by atoms with Gasteiger partial charge in [-0.25, -0.2) is 4.99 Å². The predicted octanol–water partition coefficient (Wildman–Crippen LogP) is 13.3. The number of allylic oxidation sites excluding steroid dienone is 2. The fourth-order valence-electron chi connectivity index (χ4n) is 10.4. The van der Waals surface area contributed by atoms with E-state index in [-0.39, 0.29) is 6.17 Å². The first-order valence-electron chi connectivity index (χ1n) is 20.4. The van der Waals surface area contributed by atoms with Crippen molar-refractivity contribution in [1.82, 2.24) is 18.3 Å². The van der Waals surface area contributed by atoms with Gasteiger partial charge in [-0.2, -0.15) is 0 Å². The molecular weight excluding hydrogens is 707 g/mol. The predicted molar refractivity (Wildman–Crippen MR) is 243 cm³/mol. The maximum atomic E-state index is 5.78. The molecule has 0 radical (unpaired) electrons. The van der Waals surface area contributed by atoms with E-state index in [0.29, 0.717) is 0 Å². The van der Waals surface area contributed by atoms with E-state index in [1.54, 1.807) is 0 Å². The van der Waals surface area contributed by atoms with Crippen molar-refractivity contribution < 1.29 is 0 Å². The lowest BCUT2D eigenvalue weighted by Gasteiger charge is -2.27. The van der Waals surface area contributed by atoms with E-state index < -0.39 is 0 Å². The molecule has 13 rings (SSSR count). The first kappa shape index (κ1) is 31.8. The van der Waals surface area contributed by atoms with Crippen LogP contribution in [0.25, 0.3) is 93.8 Å². The Balaban J connectivity index is 1.12. The van der Waals surface area contributed by atoms with Crippen molar-refractivity contribution in [3.63, 3.8) is 0 Å². The summed E-state index contributed by atoms with van der Waals surface area (Å²) in [5.41, 5.74) is 13.6. The number of fused-ring (bicyclic) bond motifs is 12. The van der Waals surface area contributed by atoms with Gasteiger partial charge in [0.05, 0.1) is 38.6 Å². The molecule has 11 aromatic rings. The molecule has 0 N–H and O–H groups in total. The summed E-state index contributed by atoms with van der Waals surface area (Å²) >= 11 is 0. The molecule has 0 spiro atoms. The zero-order valence-corrected chi connectivity index (χ0v) is 31.8. The van der Waals surface area contributed by atoms with Gasteiger partial charge in [-0.1, -0.05) is 115 Å². The maximum absolute atomic E-state index is 5.78. The third-order valence-electron chi connectivity index (χ3n) is 12.7. The van der Waals surface area contributed by atoms with Crippen LogP contribution in [0.4, 0.5) is 0 Å². The number of para-hydroxylation sites is 6. The summed E-state index contributed by atoms with van der Waals surface area (Å²) < 4.78 is 9.91. The smallest absolute Gasteiger partial charge is 0.136 e. The number of aromatic nitrogens is 4. The second-order valence-corrected chi connectivity index (χ2v) is 15.8. The Hall–Kier alpha value is -7.37. The largest absolute Gasteiger partial charge is 0.317 e. The maximum Gasteiger partial charge on any atom is 0.136 e. The molecule has 58 heavy (non-hydrogen) atoms. The highest BCUT2D eigenvalue weighted by atomic mass is 15.2. The Bertz CT molecular complexity index is 3490. The summed E-state index contributed by atoms with van der Waals surface area (Å²) in [7, 11) is 0. The van der Waals surface area contributed by atoms with Crippen LogP contribution in [0.1, 0.15) is 30.3 Å². The Morgan fingerprint density at radius 3 is 1.59 bits per heavy atom. The lowest BCUT2D eigenvalue weighted by molar-refractivity contribution is 0.556. The molecular formula is C53H37N5. The highest BCUT2D eigenvalue weighted by Gasteiger charge is 2.29. The second kappa shape index (κ2) is 12.1. The van der Waals surface area contributed by atoms with Crippen LogP contribution >= 0.6 is 0 Å². The zero-order chi connectivity index (χ0) is 37.9. The quantitative estimate of drug-likeness (QED) is 0.173. The fourth-order valence-corrected chi connectivity index (χ4v) is 10.4. The van der Waals surface area contributed by atoms with Crippen LogP contribution < -0.4 is 0 Å². The summed E-state index contributed by atoms with van der Waals surface area (Å²) in [6.45, 7) is 0. The first-order chi connectivity index (χ1) is 28.8. The second-order valence-electron chi connectivity index (χ2n) is 15.8. The number of nitrogens with zero attached hydrogens (tertiary/aromatic N) is 5. The van der Waals surface area contributed by atoms with E-state index in [2.05, 4.69) is 200 Å². The number of hydrogen-bond donors (Lipinski definition) is 0. The Morgan fingerprint density at radius 2 is 0.948 bits per heavy atom. The summed E-state index contributed by atoms with van der Waals surface area (Å²) in [6.07, 6.45) is 9.68. The van der Waals surface area contributed by atoms with Crippen molar-refractivity contribution >= 4 is 93.9 Å². The van der Waals surface area contributed by atoms with Gasteiger partial charge in [0.2, 0.25) is 0 Å². The van der Waals surface area contributed by atoms with Crippen molar-refractivity contribution in [3.8, 4) is 5.69 Å². The van der Waals surface area contributed by atoms with Gasteiger partial charge >= 0.3 is 0 Å². The van der Waals surface area contributed by atoms with Gasteiger partial charge in [-0.05, 0) is 79.1 Å². The average Bonchev–Trinajstić information content (AvgIpc) is 4.01. The third kappa shape index (κ3) is 4.38. The van der Waals surface area contributed by atoms with E-state index in [1.807, 2.05) is 0 Å². The molecule has 5 heterocycles. The number of aliphatic imine (C=N–C) groups is 1. The van der Waals surface area contributed by atoms with Gasteiger partial charge in [0.15, 0.2) is 0 Å². The van der Waals surface area contributed by atoms with Crippen LogP contribution in [0.3, 0.4) is 0 Å². The molecule has 0 saturated carbocycles. The van der Waals surface area contributed by atoms with E-state index >= 15 is 0 Å². The molecule has 1 aliphatic carbocycles. The van der Waals surface area contributed by atoms with E-state index in [4.69, 9.17) is 4.99 Å². The van der Waals surface area contributed by atoms with E-state index in [1.165, 1.54) is 87.9 Å². The molecule has 2 aliphatic rings. The highest BCUT2D eigenvalue weighted by Crippen LogP contribution is 2.44. The number of benzene rings is 7. The minimum absolute atomic E-state index is 0.191. The Labute approximate surface area is 334 Å². The Morgan fingerprint density at radius 1 is 0.448 bits per heavy atom. The monoisotopic (exact) mass is 743 g/mol. The minimum Gasteiger partial charge on any atom is -0.317 e. The fraction of sp³-hybridized carbons (Fsp3) is 0.0755. The molecule has 4 aromatic heterocycles. The standard InChI is InChI=1S/C53H37N5/c1-2-16-34(17-3-1)55-44-24-10-8-22-40(44)42-33-51-43(32-50(42)55)41-23-9-11-25-45(41)56(51)35-30-52(57-46-26-12-4-18-36(46)37-19-5-13-27-47(37)57)54-53(31-35)58-48-28-14-6-20-38(48)39-21-7-15-29-49(39)58/h1-8,10-22,24-30,32-33,53H,9,23,31H2. The summed E-state index contributed by atoms with van der Waals surface area (Å²) in [5.74, 6) is 0.947. The summed E-state index contributed by atoms with van der Waals surface area (Å²) in [5, 5.41) is 8.83. The van der Waals surface area contributed by atoms with Crippen molar-refractivity contribution in [2.24, 2.45) is 4.99 Å². The van der Waals surface area contributed by atoms with Gasteiger partial charge in [-0.15, -0.1) is 0 Å². The van der Waals surface area contributed by atoms with Crippen molar-refractivity contribution in [2.45, 2.75) is 25.4 Å². The molecule has 1 atom stereocenters. The molecule has 0 bridgehead atoms. The van der Waals surface area contributed by atoms with Crippen LogP contribution in [0, 0.1) is 0 Å².